The molecular formula is C24H27N3O5. The first-order valence-corrected chi connectivity index (χ1v) is 10.3. The lowest BCUT2D eigenvalue weighted by molar-refractivity contribution is -0.140. The van der Waals surface area contributed by atoms with E-state index in [1.165, 1.54) is 7.11 Å². The van der Waals surface area contributed by atoms with E-state index in [1.54, 1.807) is 31.5 Å². The number of esters is 1. The summed E-state index contributed by atoms with van der Waals surface area (Å²) in [5.41, 5.74) is 4.70. The van der Waals surface area contributed by atoms with Gasteiger partial charge in [0.05, 0.1) is 54.7 Å². The van der Waals surface area contributed by atoms with Gasteiger partial charge in [-0.2, -0.15) is 5.26 Å². The average molecular weight is 437 g/mol. The molecule has 1 aliphatic rings. The first kappa shape index (κ1) is 23.1. The van der Waals surface area contributed by atoms with Crippen molar-refractivity contribution in [1.29, 1.82) is 5.26 Å². The van der Waals surface area contributed by atoms with Crippen molar-refractivity contribution in [2.24, 2.45) is 0 Å². The van der Waals surface area contributed by atoms with E-state index in [-0.39, 0.29) is 13.2 Å². The van der Waals surface area contributed by atoms with Crippen LogP contribution in [0.3, 0.4) is 0 Å². The topological polar surface area (TPSA) is 103 Å². The second kappa shape index (κ2) is 10.2. The van der Waals surface area contributed by atoms with Crippen molar-refractivity contribution in [2.75, 3.05) is 39.4 Å². The van der Waals surface area contributed by atoms with Crippen molar-refractivity contribution in [1.82, 2.24) is 4.98 Å². The Labute approximate surface area is 187 Å². The Kier molecular flexibility index (Phi) is 7.33. The van der Waals surface area contributed by atoms with E-state index in [2.05, 4.69) is 16.4 Å². The van der Waals surface area contributed by atoms with Gasteiger partial charge in [-0.3, -0.25) is 0 Å². The molecule has 0 saturated heterocycles. The number of carbonyl (C=O) groups excluding carboxylic acids is 1. The van der Waals surface area contributed by atoms with Gasteiger partial charge in [-0.05, 0) is 38.5 Å². The van der Waals surface area contributed by atoms with E-state index in [0.717, 1.165) is 16.8 Å². The molecule has 1 aromatic heterocycles. The largest absolute Gasteiger partial charge is 0.496 e. The summed E-state index contributed by atoms with van der Waals surface area (Å²) in [6, 6.07) is 7.28. The number of allylic oxidation sites excluding steroid dienone is 1. The van der Waals surface area contributed by atoms with Gasteiger partial charge >= 0.3 is 5.97 Å². The van der Waals surface area contributed by atoms with Crippen LogP contribution in [-0.2, 0) is 14.3 Å². The average Bonchev–Trinajstić information content (AvgIpc) is 2.80. The third-order valence-electron chi connectivity index (χ3n) is 5.26. The number of aromatic nitrogens is 1. The number of carbonyl (C=O) groups is 1. The number of anilines is 1. The Hall–Kier alpha value is -3.57. The van der Waals surface area contributed by atoms with Crippen molar-refractivity contribution >= 4 is 11.7 Å². The predicted molar refractivity (Wildman–Crippen MR) is 119 cm³/mol. The zero-order valence-electron chi connectivity index (χ0n) is 18.9. The van der Waals surface area contributed by atoms with Gasteiger partial charge in [-0.1, -0.05) is 6.07 Å². The molecule has 0 bridgehead atoms. The van der Waals surface area contributed by atoms with Crippen LogP contribution < -0.4 is 14.8 Å². The van der Waals surface area contributed by atoms with Crippen LogP contribution >= 0.6 is 0 Å². The third kappa shape index (κ3) is 4.39. The number of ether oxygens (including phenoxy) is 4. The molecule has 0 radical (unpaired) electrons. The molecule has 3 rings (SSSR count). The van der Waals surface area contributed by atoms with E-state index >= 15 is 0 Å². The minimum Gasteiger partial charge on any atom is -0.496 e. The van der Waals surface area contributed by atoms with Crippen LogP contribution in [0.1, 0.15) is 42.0 Å². The van der Waals surface area contributed by atoms with E-state index in [0.29, 0.717) is 40.6 Å². The third-order valence-corrected chi connectivity index (χ3v) is 5.26. The van der Waals surface area contributed by atoms with Crippen LogP contribution in [0.4, 0.5) is 5.69 Å². The molecule has 2 heterocycles. The standard InChI is InChI=1S/C24H27N3O5/c1-6-31-23-21-20(17-8-7-16(12-25)11-18(17)30-5)19(24(28)32-10-9-29-4)15(3)27-22(21)14(2)13-26-23/h7-8,11,13,20,27H,6,9-10H2,1-5H3/t20-/m1/s1. The molecule has 0 amide bonds. The van der Waals surface area contributed by atoms with Crippen LogP contribution in [0.2, 0.25) is 0 Å². The van der Waals surface area contributed by atoms with E-state index in [4.69, 9.17) is 18.9 Å². The van der Waals surface area contributed by atoms with Gasteiger partial charge in [0, 0.05) is 24.6 Å². The van der Waals surface area contributed by atoms with Gasteiger partial charge in [-0.15, -0.1) is 0 Å². The van der Waals surface area contributed by atoms with Crippen molar-refractivity contribution in [3.8, 4) is 17.7 Å². The summed E-state index contributed by atoms with van der Waals surface area (Å²) in [4.78, 5) is 17.7. The van der Waals surface area contributed by atoms with Gasteiger partial charge in [0.1, 0.15) is 12.4 Å². The summed E-state index contributed by atoms with van der Waals surface area (Å²) in [5.74, 6) is -0.136. The van der Waals surface area contributed by atoms with Gasteiger partial charge in [0.15, 0.2) is 0 Å². The lowest BCUT2D eigenvalue weighted by atomic mass is 9.79. The second-order valence-corrected chi connectivity index (χ2v) is 7.26. The molecule has 32 heavy (non-hydrogen) atoms. The molecule has 8 nitrogen and oxygen atoms in total. The molecular weight excluding hydrogens is 410 g/mol. The lowest BCUT2D eigenvalue weighted by Gasteiger charge is -2.32. The molecule has 0 spiro atoms. The zero-order valence-corrected chi connectivity index (χ0v) is 18.9. The summed E-state index contributed by atoms with van der Waals surface area (Å²) < 4.78 is 22.0. The summed E-state index contributed by atoms with van der Waals surface area (Å²) in [6.45, 7) is 6.48. The molecule has 0 unspecified atom stereocenters. The van der Waals surface area contributed by atoms with E-state index in [9.17, 15) is 10.1 Å². The molecule has 168 valence electrons. The predicted octanol–water partition coefficient (Wildman–Crippen LogP) is 3.69. The van der Waals surface area contributed by atoms with Crippen LogP contribution in [0, 0.1) is 18.3 Å². The number of rotatable bonds is 8. The molecule has 1 aliphatic heterocycles. The highest BCUT2D eigenvalue weighted by Gasteiger charge is 2.38. The van der Waals surface area contributed by atoms with E-state index < -0.39 is 11.9 Å². The van der Waals surface area contributed by atoms with Crippen molar-refractivity contribution in [2.45, 2.75) is 26.7 Å². The summed E-state index contributed by atoms with van der Waals surface area (Å²) in [7, 11) is 3.08. The SMILES string of the molecule is CCOc1ncc(C)c2c1[C@H](c1ccc(C#N)cc1OC)C(C(=O)OCCOC)=C(C)N2. The fraction of sp³-hybridized carbons (Fsp3) is 0.375. The minimum absolute atomic E-state index is 0.126. The second-order valence-electron chi connectivity index (χ2n) is 7.26. The van der Waals surface area contributed by atoms with Crippen LogP contribution in [0.25, 0.3) is 0 Å². The van der Waals surface area contributed by atoms with Gasteiger partial charge < -0.3 is 24.3 Å². The molecule has 0 saturated carbocycles. The summed E-state index contributed by atoms with van der Waals surface area (Å²) in [5, 5.41) is 12.7. The Morgan fingerprint density at radius 3 is 2.69 bits per heavy atom. The maximum absolute atomic E-state index is 13.2. The quantitative estimate of drug-likeness (QED) is 0.493. The summed E-state index contributed by atoms with van der Waals surface area (Å²) in [6.07, 6.45) is 1.74. The maximum Gasteiger partial charge on any atom is 0.336 e. The number of fused-ring (bicyclic) bond motifs is 1. The lowest BCUT2D eigenvalue weighted by Crippen LogP contribution is -2.27. The first-order chi connectivity index (χ1) is 15.5. The monoisotopic (exact) mass is 437 g/mol. The van der Waals surface area contributed by atoms with Crippen LogP contribution in [0.15, 0.2) is 35.7 Å². The highest BCUT2D eigenvalue weighted by Crippen LogP contribution is 2.49. The number of hydrogen-bond acceptors (Lipinski definition) is 8. The first-order valence-electron chi connectivity index (χ1n) is 10.3. The molecule has 0 aliphatic carbocycles. The molecule has 8 heteroatoms. The number of pyridine rings is 1. The van der Waals surface area contributed by atoms with Gasteiger partial charge in [0.25, 0.3) is 0 Å². The molecule has 1 atom stereocenters. The zero-order chi connectivity index (χ0) is 23.3. The minimum atomic E-state index is -0.571. The highest BCUT2D eigenvalue weighted by molar-refractivity contribution is 5.95. The number of aryl methyl sites for hydroxylation is 1. The smallest absolute Gasteiger partial charge is 0.336 e. The van der Waals surface area contributed by atoms with Gasteiger partial charge in [-0.25, -0.2) is 9.78 Å². The Balaban J connectivity index is 2.27. The number of methoxy groups -OCH3 is 2. The molecule has 0 fully saturated rings. The fourth-order valence-corrected chi connectivity index (χ4v) is 3.81. The van der Waals surface area contributed by atoms with Crippen molar-refractivity contribution in [3.63, 3.8) is 0 Å². The fourth-order valence-electron chi connectivity index (χ4n) is 3.81. The number of nitriles is 1. The number of nitrogens with zero attached hydrogens (tertiary/aromatic N) is 2. The number of hydrogen-bond donors (Lipinski definition) is 1. The van der Waals surface area contributed by atoms with Crippen molar-refractivity contribution in [3.05, 3.63) is 57.9 Å². The Morgan fingerprint density at radius 2 is 2.03 bits per heavy atom. The molecule has 1 N–H and O–H groups in total. The highest BCUT2D eigenvalue weighted by atomic mass is 16.6. The molecule has 1 aromatic carbocycles. The number of benzene rings is 1. The van der Waals surface area contributed by atoms with Crippen molar-refractivity contribution < 1.29 is 23.7 Å². The maximum atomic E-state index is 13.2. The number of nitrogens with one attached hydrogen (secondary N) is 1. The van der Waals surface area contributed by atoms with E-state index in [1.807, 2.05) is 20.8 Å². The normalized spacial score (nSPS) is 14.8. The summed E-state index contributed by atoms with van der Waals surface area (Å²) >= 11 is 0. The Bertz CT molecular complexity index is 1090. The molecule has 2 aromatic rings. The van der Waals surface area contributed by atoms with Gasteiger partial charge in [0.2, 0.25) is 5.88 Å². The van der Waals surface area contributed by atoms with Crippen LogP contribution in [-0.4, -0.2) is 45.0 Å². The Morgan fingerprint density at radius 1 is 1.25 bits per heavy atom. The van der Waals surface area contributed by atoms with Crippen LogP contribution in [0.5, 0.6) is 11.6 Å².